The number of nitrogens with two attached hydrogens (primary N) is 1. The first-order valence-corrected chi connectivity index (χ1v) is 10.6. The van der Waals surface area contributed by atoms with Gasteiger partial charge in [-0.05, 0) is 62.5 Å². The molecule has 1 fully saturated rings. The van der Waals surface area contributed by atoms with Crippen LogP contribution in [0, 0.1) is 5.82 Å². The maximum absolute atomic E-state index is 13.9. The average molecular weight is 479 g/mol. The van der Waals surface area contributed by atoms with Crippen molar-refractivity contribution in [2.24, 2.45) is 10.7 Å². The van der Waals surface area contributed by atoms with Crippen LogP contribution in [0.4, 0.5) is 23.2 Å². The summed E-state index contributed by atoms with van der Waals surface area (Å²) in [5.74, 6) is -2.04. The van der Waals surface area contributed by atoms with Gasteiger partial charge in [-0.1, -0.05) is 0 Å². The molecule has 1 aliphatic heterocycles. The lowest BCUT2D eigenvalue weighted by Crippen LogP contribution is -2.25. The SMILES string of the molecule is CN=C(C=CN)c1cc(NC(=O)c2ccc(C(F)(F)F)c(F)c2)cnc1OCCN1CCCC1. The predicted octanol–water partition coefficient (Wildman–Crippen LogP) is 3.86. The quantitative estimate of drug-likeness (QED) is 0.443. The van der Waals surface area contributed by atoms with Crippen LogP contribution in [0.1, 0.15) is 34.3 Å². The third-order valence-corrected chi connectivity index (χ3v) is 5.26. The van der Waals surface area contributed by atoms with Gasteiger partial charge in [0.15, 0.2) is 0 Å². The van der Waals surface area contributed by atoms with E-state index in [2.05, 4.69) is 20.2 Å². The number of benzene rings is 1. The van der Waals surface area contributed by atoms with Crippen LogP contribution < -0.4 is 15.8 Å². The maximum atomic E-state index is 13.9. The number of halogens is 4. The van der Waals surface area contributed by atoms with Gasteiger partial charge < -0.3 is 15.8 Å². The standard InChI is InChI=1S/C23H25F4N5O2/c1-29-20(6-7-28)17-13-16(14-30-22(17)34-11-10-32-8-2-3-9-32)31-21(33)15-4-5-18(19(24)12-15)23(25,26)27/h4-7,12-14H,2-3,8-11,28H2,1H3,(H,31,33). The fraction of sp³-hybridized carbons (Fsp3) is 0.348. The Labute approximate surface area is 194 Å². The molecule has 0 spiro atoms. The van der Waals surface area contributed by atoms with E-state index in [1.165, 1.54) is 12.4 Å². The first-order chi connectivity index (χ1) is 16.2. The molecule has 0 saturated carbocycles. The second kappa shape index (κ2) is 11.1. The molecule has 1 amide bonds. The highest BCUT2D eigenvalue weighted by Gasteiger charge is 2.34. The summed E-state index contributed by atoms with van der Waals surface area (Å²) < 4.78 is 58.0. The summed E-state index contributed by atoms with van der Waals surface area (Å²) in [6.45, 7) is 3.19. The molecule has 0 radical (unpaired) electrons. The lowest BCUT2D eigenvalue weighted by Gasteiger charge is -2.16. The number of pyridine rings is 1. The Bertz CT molecular complexity index is 1080. The largest absolute Gasteiger partial charge is 0.476 e. The molecule has 1 aliphatic rings. The number of carbonyl (C=O) groups is 1. The summed E-state index contributed by atoms with van der Waals surface area (Å²) in [6.07, 6.45) is 1.65. The third kappa shape index (κ3) is 6.31. The number of ether oxygens (including phenoxy) is 1. The van der Waals surface area contributed by atoms with Gasteiger partial charge in [-0.2, -0.15) is 13.2 Å². The zero-order valence-corrected chi connectivity index (χ0v) is 18.5. The summed E-state index contributed by atoms with van der Waals surface area (Å²) in [5, 5.41) is 2.51. The molecule has 0 unspecified atom stereocenters. The van der Waals surface area contributed by atoms with E-state index in [1.807, 2.05) is 0 Å². The molecule has 1 aromatic heterocycles. The average Bonchev–Trinajstić information content (AvgIpc) is 3.31. The number of hydrogen-bond donors (Lipinski definition) is 2. The molecule has 2 heterocycles. The van der Waals surface area contributed by atoms with Crippen LogP contribution in [-0.4, -0.2) is 54.8 Å². The summed E-state index contributed by atoms with van der Waals surface area (Å²) >= 11 is 0. The zero-order valence-electron chi connectivity index (χ0n) is 18.5. The molecule has 0 aliphatic carbocycles. The van der Waals surface area contributed by atoms with Crippen molar-refractivity contribution >= 4 is 17.3 Å². The second-order valence-corrected chi connectivity index (χ2v) is 7.59. The van der Waals surface area contributed by atoms with E-state index in [9.17, 15) is 22.4 Å². The van der Waals surface area contributed by atoms with E-state index < -0.39 is 23.5 Å². The van der Waals surface area contributed by atoms with Crippen LogP contribution >= 0.6 is 0 Å². The Kier molecular flexibility index (Phi) is 8.21. The van der Waals surface area contributed by atoms with Crippen molar-refractivity contribution in [2.75, 3.05) is 38.6 Å². The first-order valence-electron chi connectivity index (χ1n) is 10.6. The number of anilines is 1. The molecule has 0 atom stereocenters. The van der Waals surface area contributed by atoms with Crippen LogP contribution in [0.3, 0.4) is 0 Å². The van der Waals surface area contributed by atoms with Crippen LogP contribution in [-0.2, 0) is 6.18 Å². The van der Waals surface area contributed by atoms with Gasteiger partial charge >= 0.3 is 6.18 Å². The molecule has 34 heavy (non-hydrogen) atoms. The Hall–Kier alpha value is -3.47. The van der Waals surface area contributed by atoms with Crippen molar-refractivity contribution in [1.82, 2.24) is 9.88 Å². The number of carbonyl (C=O) groups excluding carboxylic acids is 1. The van der Waals surface area contributed by atoms with Gasteiger partial charge in [0.05, 0.1) is 28.7 Å². The highest BCUT2D eigenvalue weighted by Crippen LogP contribution is 2.31. The Balaban J connectivity index is 1.79. The van der Waals surface area contributed by atoms with Gasteiger partial charge in [-0.25, -0.2) is 9.37 Å². The molecule has 7 nitrogen and oxygen atoms in total. The van der Waals surface area contributed by atoms with Crippen molar-refractivity contribution in [3.63, 3.8) is 0 Å². The minimum Gasteiger partial charge on any atom is -0.476 e. The van der Waals surface area contributed by atoms with Crippen molar-refractivity contribution < 1.29 is 27.1 Å². The monoisotopic (exact) mass is 479 g/mol. The second-order valence-electron chi connectivity index (χ2n) is 7.59. The van der Waals surface area contributed by atoms with Crippen molar-refractivity contribution in [3.05, 3.63) is 65.2 Å². The zero-order chi connectivity index (χ0) is 24.7. The summed E-state index contributed by atoms with van der Waals surface area (Å²) in [7, 11) is 1.56. The van der Waals surface area contributed by atoms with Crippen LogP contribution in [0.5, 0.6) is 5.88 Å². The van der Waals surface area contributed by atoms with E-state index >= 15 is 0 Å². The Morgan fingerprint density at radius 1 is 1.29 bits per heavy atom. The van der Waals surface area contributed by atoms with Crippen molar-refractivity contribution in [3.8, 4) is 5.88 Å². The fourth-order valence-electron chi connectivity index (χ4n) is 3.56. The van der Waals surface area contributed by atoms with Crippen LogP contribution in [0.2, 0.25) is 0 Å². The number of rotatable bonds is 8. The smallest absolute Gasteiger partial charge is 0.419 e. The first kappa shape index (κ1) is 25.2. The number of allylic oxidation sites excluding steroid dienone is 1. The molecule has 2 aromatic rings. The number of amides is 1. The van der Waals surface area contributed by atoms with E-state index in [4.69, 9.17) is 10.5 Å². The molecule has 182 valence electrons. The summed E-state index contributed by atoms with van der Waals surface area (Å²) in [4.78, 5) is 23.2. The van der Waals surface area contributed by atoms with Gasteiger partial charge in [0.2, 0.25) is 5.88 Å². The number of nitrogens with zero attached hydrogens (tertiary/aromatic N) is 3. The van der Waals surface area contributed by atoms with Gasteiger partial charge in [0.25, 0.3) is 5.91 Å². The number of alkyl halides is 3. The third-order valence-electron chi connectivity index (χ3n) is 5.26. The lowest BCUT2D eigenvalue weighted by molar-refractivity contribution is -0.140. The lowest BCUT2D eigenvalue weighted by atomic mass is 10.1. The number of aliphatic imine (C=N–C) groups is 1. The number of nitrogens with one attached hydrogen (secondary N) is 1. The molecule has 3 rings (SSSR count). The minimum atomic E-state index is -4.85. The summed E-state index contributed by atoms with van der Waals surface area (Å²) in [6, 6.07) is 3.53. The molecular weight excluding hydrogens is 454 g/mol. The molecule has 1 aromatic carbocycles. The highest BCUT2D eigenvalue weighted by atomic mass is 19.4. The van der Waals surface area contributed by atoms with Gasteiger partial charge in [0.1, 0.15) is 12.4 Å². The van der Waals surface area contributed by atoms with Gasteiger partial charge in [-0.15, -0.1) is 0 Å². The molecule has 0 bridgehead atoms. The Morgan fingerprint density at radius 3 is 2.65 bits per heavy atom. The van der Waals surface area contributed by atoms with E-state index in [1.54, 1.807) is 19.2 Å². The summed E-state index contributed by atoms with van der Waals surface area (Å²) in [5.41, 5.74) is 4.92. The van der Waals surface area contributed by atoms with Crippen molar-refractivity contribution in [1.29, 1.82) is 0 Å². The predicted molar refractivity (Wildman–Crippen MR) is 121 cm³/mol. The number of hydrogen-bond acceptors (Lipinski definition) is 6. The molecular formula is C23H25F4N5O2. The topological polar surface area (TPSA) is 92.8 Å². The van der Waals surface area contributed by atoms with E-state index in [0.717, 1.165) is 38.5 Å². The van der Waals surface area contributed by atoms with Crippen molar-refractivity contribution in [2.45, 2.75) is 19.0 Å². The maximum Gasteiger partial charge on any atom is 0.419 e. The van der Waals surface area contributed by atoms with Gasteiger partial charge in [-0.3, -0.25) is 14.7 Å². The van der Waals surface area contributed by atoms with Crippen LogP contribution in [0.25, 0.3) is 0 Å². The molecule has 3 N–H and O–H groups in total. The van der Waals surface area contributed by atoms with E-state index in [-0.39, 0.29) is 17.1 Å². The minimum absolute atomic E-state index is 0.221. The molecule has 11 heteroatoms. The normalized spacial score (nSPS) is 15.1. The Morgan fingerprint density at radius 2 is 2.03 bits per heavy atom. The van der Waals surface area contributed by atoms with Gasteiger partial charge in [0, 0.05) is 19.2 Å². The number of aromatic nitrogens is 1. The highest BCUT2D eigenvalue weighted by molar-refractivity contribution is 6.11. The van der Waals surface area contributed by atoms with Crippen LogP contribution in [0.15, 0.2) is 47.7 Å². The fourth-order valence-corrected chi connectivity index (χ4v) is 3.56. The van der Waals surface area contributed by atoms with E-state index in [0.29, 0.717) is 30.0 Å². The number of likely N-dealkylation sites (tertiary alicyclic amines) is 1. The molecule has 1 saturated heterocycles.